The smallest absolute Gasteiger partial charge is 0.0625 e. The zero-order valence-corrected chi connectivity index (χ0v) is 12.1. The van der Waals surface area contributed by atoms with Crippen LogP contribution in [-0.4, -0.2) is 22.4 Å². The Kier molecular flexibility index (Phi) is 2.99. The van der Waals surface area contributed by atoms with Crippen LogP contribution in [0.5, 0.6) is 0 Å². The lowest BCUT2D eigenvalue weighted by atomic mass is 9.49. The first kappa shape index (κ1) is 13.1. The van der Waals surface area contributed by atoms with Crippen molar-refractivity contribution in [3.8, 4) is 0 Å². The van der Waals surface area contributed by atoms with Crippen molar-refractivity contribution in [3.05, 3.63) is 34.9 Å². The molecule has 4 atom stereocenters. The SMILES string of the molecule is Cc1cccc2c1[C@H]1[C@H](C[C@@H]1C(C)(C)O)[C@H](CO)C2. The Labute approximate surface area is 115 Å². The van der Waals surface area contributed by atoms with Crippen molar-refractivity contribution in [1.29, 1.82) is 0 Å². The lowest BCUT2D eigenvalue weighted by molar-refractivity contribution is -0.0863. The maximum Gasteiger partial charge on any atom is 0.0625 e. The number of aryl methyl sites for hydroxylation is 1. The summed E-state index contributed by atoms with van der Waals surface area (Å²) in [4.78, 5) is 0. The Hall–Kier alpha value is -0.860. The molecule has 3 rings (SSSR count). The second-order valence-corrected chi connectivity index (χ2v) is 6.98. The van der Waals surface area contributed by atoms with E-state index in [0.29, 0.717) is 23.7 Å². The minimum atomic E-state index is -0.627. The third kappa shape index (κ3) is 1.93. The summed E-state index contributed by atoms with van der Waals surface area (Å²) in [6, 6.07) is 6.48. The molecule has 0 spiro atoms. The normalized spacial score (nSPS) is 33.3. The number of rotatable bonds is 2. The van der Waals surface area contributed by atoms with Crippen molar-refractivity contribution < 1.29 is 10.2 Å². The van der Waals surface area contributed by atoms with Crippen molar-refractivity contribution in [2.24, 2.45) is 17.8 Å². The van der Waals surface area contributed by atoms with E-state index in [1.807, 2.05) is 13.8 Å². The average Bonchev–Trinajstić information content (AvgIpc) is 2.28. The molecule has 2 N–H and O–H groups in total. The molecule has 1 aromatic carbocycles. The zero-order chi connectivity index (χ0) is 13.8. The number of aliphatic hydroxyl groups excluding tert-OH is 1. The Morgan fingerprint density at radius 2 is 2.05 bits per heavy atom. The van der Waals surface area contributed by atoms with E-state index >= 15 is 0 Å². The number of hydrogen-bond acceptors (Lipinski definition) is 2. The molecule has 1 saturated carbocycles. The van der Waals surface area contributed by atoms with Crippen LogP contribution in [0.1, 0.15) is 42.9 Å². The second kappa shape index (κ2) is 4.32. The summed E-state index contributed by atoms with van der Waals surface area (Å²) in [7, 11) is 0. The van der Waals surface area contributed by atoms with Gasteiger partial charge in [-0.2, -0.15) is 0 Å². The minimum Gasteiger partial charge on any atom is -0.396 e. The molecule has 0 radical (unpaired) electrons. The van der Waals surface area contributed by atoms with Crippen molar-refractivity contribution in [3.63, 3.8) is 0 Å². The molecule has 2 nitrogen and oxygen atoms in total. The highest BCUT2D eigenvalue weighted by atomic mass is 16.3. The summed E-state index contributed by atoms with van der Waals surface area (Å²) in [5.41, 5.74) is 3.56. The lowest BCUT2D eigenvalue weighted by Gasteiger charge is -2.56. The van der Waals surface area contributed by atoms with Gasteiger partial charge in [-0.25, -0.2) is 0 Å². The minimum absolute atomic E-state index is 0.271. The number of aliphatic hydroxyl groups is 2. The summed E-state index contributed by atoms with van der Waals surface area (Å²) in [6.45, 7) is 6.30. The maximum absolute atomic E-state index is 10.4. The van der Waals surface area contributed by atoms with Crippen LogP contribution < -0.4 is 0 Å². The summed E-state index contributed by atoms with van der Waals surface area (Å²) < 4.78 is 0. The molecule has 2 aliphatic carbocycles. The molecule has 104 valence electrons. The van der Waals surface area contributed by atoms with Crippen molar-refractivity contribution in [2.75, 3.05) is 6.61 Å². The standard InChI is InChI=1S/C17H24O2/c1-10-5-4-6-11-7-12(9-18)13-8-14(17(2,3)19)16(13)15(10)11/h4-6,12-14,16,18-19H,7-9H2,1-3H3/t12-,13+,14-,16-/m0/s1. The molecule has 0 heterocycles. The molecule has 0 bridgehead atoms. The molecule has 19 heavy (non-hydrogen) atoms. The Bertz CT molecular complexity index is 487. The fourth-order valence-corrected chi connectivity index (χ4v) is 4.35. The van der Waals surface area contributed by atoms with Crippen LogP contribution in [0.25, 0.3) is 0 Å². The van der Waals surface area contributed by atoms with Gasteiger partial charge in [-0.1, -0.05) is 18.2 Å². The summed E-state index contributed by atoms with van der Waals surface area (Å²) in [5, 5.41) is 20.0. The predicted octanol–water partition coefficient (Wildman–Crippen LogP) is 2.65. The highest BCUT2D eigenvalue weighted by Crippen LogP contribution is 2.59. The molecule has 2 heteroatoms. The van der Waals surface area contributed by atoms with Gasteiger partial charge in [0.2, 0.25) is 0 Å². The molecule has 0 aliphatic heterocycles. The highest BCUT2D eigenvalue weighted by molar-refractivity contribution is 5.43. The first-order valence-corrected chi connectivity index (χ1v) is 7.35. The van der Waals surface area contributed by atoms with E-state index in [1.165, 1.54) is 16.7 Å². The topological polar surface area (TPSA) is 40.5 Å². The Morgan fingerprint density at radius 3 is 2.68 bits per heavy atom. The molecule has 1 fully saturated rings. The monoisotopic (exact) mass is 260 g/mol. The lowest BCUT2D eigenvalue weighted by Crippen LogP contribution is -2.52. The third-order valence-corrected chi connectivity index (χ3v) is 5.40. The van der Waals surface area contributed by atoms with Gasteiger partial charge in [0, 0.05) is 6.61 Å². The van der Waals surface area contributed by atoms with E-state index in [4.69, 9.17) is 0 Å². The van der Waals surface area contributed by atoms with Gasteiger partial charge < -0.3 is 10.2 Å². The molecule has 0 saturated heterocycles. The number of hydrogen-bond donors (Lipinski definition) is 2. The van der Waals surface area contributed by atoms with Crippen molar-refractivity contribution in [1.82, 2.24) is 0 Å². The van der Waals surface area contributed by atoms with E-state index in [9.17, 15) is 10.2 Å². The van der Waals surface area contributed by atoms with Gasteiger partial charge in [-0.3, -0.25) is 0 Å². The van der Waals surface area contributed by atoms with Crippen LogP contribution in [-0.2, 0) is 6.42 Å². The zero-order valence-electron chi connectivity index (χ0n) is 12.1. The first-order chi connectivity index (χ1) is 8.93. The van der Waals surface area contributed by atoms with Gasteiger partial charge in [0.25, 0.3) is 0 Å². The number of benzene rings is 1. The summed E-state index contributed by atoms with van der Waals surface area (Å²) in [5.74, 6) is 1.68. The van der Waals surface area contributed by atoms with E-state index in [0.717, 1.165) is 12.8 Å². The maximum atomic E-state index is 10.4. The van der Waals surface area contributed by atoms with Gasteiger partial charge >= 0.3 is 0 Å². The average molecular weight is 260 g/mol. The molecular formula is C17H24O2. The van der Waals surface area contributed by atoms with E-state index < -0.39 is 5.60 Å². The highest BCUT2D eigenvalue weighted by Gasteiger charge is 2.53. The molecule has 1 aromatic rings. The van der Waals surface area contributed by atoms with E-state index in [2.05, 4.69) is 25.1 Å². The predicted molar refractivity (Wildman–Crippen MR) is 76.1 cm³/mol. The molecular weight excluding hydrogens is 236 g/mol. The van der Waals surface area contributed by atoms with Crippen LogP contribution in [0.2, 0.25) is 0 Å². The second-order valence-electron chi connectivity index (χ2n) is 6.98. The van der Waals surface area contributed by atoms with Crippen LogP contribution in [0, 0.1) is 24.7 Å². The van der Waals surface area contributed by atoms with Crippen LogP contribution in [0.15, 0.2) is 18.2 Å². The molecule has 0 amide bonds. The van der Waals surface area contributed by atoms with Crippen LogP contribution in [0.3, 0.4) is 0 Å². The first-order valence-electron chi connectivity index (χ1n) is 7.35. The van der Waals surface area contributed by atoms with Crippen molar-refractivity contribution in [2.45, 2.75) is 45.1 Å². The third-order valence-electron chi connectivity index (χ3n) is 5.40. The van der Waals surface area contributed by atoms with Crippen LogP contribution in [0.4, 0.5) is 0 Å². The van der Waals surface area contributed by atoms with Gasteiger partial charge in [0.15, 0.2) is 0 Å². The van der Waals surface area contributed by atoms with Gasteiger partial charge in [0.05, 0.1) is 5.60 Å². The molecule has 0 aromatic heterocycles. The van der Waals surface area contributed by atoms with Crippen LogP contribution >= 0.6 is 0 Å². The Balaban J connectivity index is 2.05. The fraction of sp³-hybridized carbons (Fsp3) is 0.647. The molecule has 2 aliphatic rings. The quantitative estimate of drug-likeness (QED) is 0.858. The summed E-state index contributed by atoms with van der Waals surface area (Å²) >= 11 is 0. The van der Waals surface area contributed by atoms with E-state index in [1.54, 1.807) is 0 Å². The largest absolute Gasteiger partial charge is 0.396 e. The fourth-order valence-electron chi connectivity index (χ4n) is 4.35. The van der Waals surface area contributed by atoms with E-state index in [-0.39, 0.29) is 6.61 Å². The summed E-state index contributed by atoms with van der Waals surface area (Å²) in [6.07, 6.45) is 2.04. The number of fused-ring (bicyclic) bond motifs is 3. The Morgan fingerprint density at radius 1 is 1.32 bits per heavy atom. The van der Waals surface area contributed by atoms with Gasteiger partial charge in [0.1, 0.15) is 0 Å². The molecule has 0 unspecified atom stereocenters. The van der Waals surface area contributed by atoms with Crippen molar-refractivity contribution >= 4 is 0 Å². The van der Waals surface area contributed by atoms with Gasteiger partial charge in [-0.15, -0.1) is 0 Å². The van der Waals surface area contributed by atoms with Gasteiger partial charge in [-0.05, 0) is 74.0 Å².